The van der Waals surface area contributed by atoms with E-state index in [0.717, 1.165) is 22.6 Å². The van der Waals surface area contributed by atoms with Crippen molar-refractivity contribution in [3.8, 4) is 0 Å². The third-order valence-electron chi connectivity index (χ3n) is 22.6. The molecule has 20 atom stereocenters. The number of hydrogen-bond acceptors (Lipinski definition) is 16. The van der Waals surface area contributed by atoms with Crippen molar-refractivity contribution in [3.05, 3.63) is 74.4 Å². The number of nitrogens with one attached hydrogen (secondary N) is 4. The Hall–Kier alpha value is -8.17. The number of carbonyl (C=O) groups excluding carboxylic acids is 13. The summed E-state index contributed by atoms with van der Waals surface area (Å²) in [5.74, 6) is -8.72. The van der Waals surface area contributed by atoms with E-state index in [1.165, 1.54) is 87.7 Å². The molecule has 0 bridgehead atoms. The van der Waals surface area contributed by atoms with Crippen molar-refractivity contribution in [2.45, 2.75) is 296 Å². The lowest BCUT2D eigenvalue weighted by atomic mass is 9.67. The van der Waals surface area contributed by atoms with Crippen molar-refractivity contribution in [1.29, 1.82) is 0 Å². The number of aliphatic hydroxyl groups excluding tert-OH is 3. The minimum atomic E-state index is -1.64. The number of ketones is 2. The maximum Gasteiger partial charge on any atom is 0.246 e. The summed E-state index contributed by atoms with van der Waals surface area (Å²) >= 11 is 0. The summed E-state index contributed by atoms with van der Waals surface area (Å²) in [6.45, 7) is 46.4. The van der Waals surface area contributed by atoms with Gasteiger partial charge in [-0.2, -0.15) is 0 Å². The number of amides is 11. The van der Waals surface area contributed by atoms with Gasteiger partial charge in [0.05, 0.1) is 24.9 Å². The van der Waals surface area contributed by atoms with Gasteiger partial charge >= 0.3 is 0 Å². The summed E-state index contributed by atoms with van der Waals surface area (Å²) in [7, 11) is 9.88. The van der Waals surface area contributed by atoms with Crippen LogP contribution in [0, 0.1) is 76.9 Å². The second kappa shape index (κ2) is 53.5. The second-order valence-corrected chi connectivity index (χ2v) is 35.3. The SMILES string of the molecule is C.C.C=C/C=C/C[C@@H](C)[C@@H](O)[C@H]1C(=O)CC1C.C=C/C=C\C[C@@H](C)[C@@H](O)[C@H]1C(=O)CC1C.C=CC=CC[C@@H](C)[C@@H](O)C1C(=O)N[C@@H](CC)C(=O)N(C)CC(=O)N(C)[C@@H](CC(C)C)C(=O)N[C@@H](C(C)C)C(=O)N(C)[C@@H](CC(C)C)C(=O)N[C@@H](C)C(=O)N[C@H](C)C(=O)N(C)[C@@H](CC(C)C)C(=O)N(C)[C@@H](CC(C)C)C(=O)N(C)[C@@H](C(C)C)C(=O)N1C. The molecular weight excluding hydrogens is 1500 g/mol. The lowest BCUT2D eigenvalue weighted by molar-refractivity contribution is -0.157. The highest BCUT2D eigenvalue weighted by atomic mass is 16.3. The smallest absolute Gasteiger partial charge is 0.246 e. The van der Waals surface area contributed by atoms with Crippen molar-refractivity contribution in [2.24, 2.45) is 76.9 Å². The van der Waals surface area contributed by atoms with Crippen LogP contribution >= 0.6 is 0 Å². The normalized spacial score (nSPS) is 27.1. The van der Waals surface area contributed by atoms with Crippen LogP contribution < -0.4 is 21.3 Å². The van der Waals surface area contributed by atoms with E-state index < -0.39 is 168 Å². The molecule has 0 aromatic carbocycles. The van der Waals surface area contributed by atoms with E-state index in [9.17, 15) is 68.1 Å². The predicted molar refractivity (Wildman–Crippen MR) is 469 cm³/mol. The van der Waals surface area contributed by atoms with Crippen molar-refractivity contribution in [1.82, 2.24) is 55.6 Å². The molecule has 674 valence electrons. The van der Waals surface area contributed by atoms with Crippen LogP contribution in [0.2, 0.25) is 0 Å². The molecule has 0 aromatic heterocycles. The molecule has 0 aromatic rings. The van der Waals surface area contributed by atoms with Crippen LogP contribution in [0.25, 0.3) is 0 Å². The minimum Gasteiger partial charge on any atom is -0.392 e. The molecular formula is C91H159N11O16. The van der Waals surface area contributed by atoms with Crippen molar-refractivity contribution in [2.75, 3.05) is 55.9 Å². The molecule has 27 nitrogen and oxygen atoms in total. The number of allylic oxidation sites excluding steroid dienone is 9. The number of rotatable bonds is 26. The Labute approximate surface area is 709 Å². The van der Waals surface area contributed by atoms with Gasteiger partial charge in [-0.15, -0.1) is 0 Å². The molecule has 3 unspecified atom stereocenters. The van der Waals surface area contributed by atoms with Crippen LogP contribution in [-0.4, -0.2) is 261 Å². The average Bonchev–Trinajstić information content (AvgIpc) is 0.809. The van der Waals surface area contributed by atoms with Gasteiger partial charge in [-0.3, -0.25) is 62.3 Å². The van der Waals surface area contributed by atoms with E-state index in [4.69, 9.17) is 0 Å². The number of Topliss-reactive ketones (excluding diaryl/α,β-unsaturated/α-hetero) is 2. The van der Waals surface area contributed by atoms with Gasteiger partial charge in [-0.1, -0.05) is 214 Å². The highest BCUT2D eigenvalue weighted by Crippen LogP contribution is 2.38. The first kappa shape index (κ1) is 112. The summed E-state index contributed by atoms with van der Waals surface area (Å²) in [5, 5.41) is 43.1. The molecule has 2 saturated carbocycles. The molecule has 0 radical (unpaired) electrons. The summed E-state index contributed by atoms with van der Waals surface area (Å²) in [6.07, 6.45) is 17.3. The van der Waals surface area contributed by atoms with Crippen LogP contribution in [0.15, 0.2) is 74.4 Å². The van der Waals surface area contributed by atoms with Crippen LogP contribution in [0.4, 0.5) is 0 Å². The zero-order valence-corrected chi connectivity index (χ0v) is 75.4. The molecule has 1 heterocycles. The van der Waals surface area contributed by atoms with Gasteiger partial charge in [0.1, 0.15) is 72.0 Å². The summed E-state index contributed by atoms with van der Waals surface area (Å²) in [5.41, 5.74) is 0. The van der Waals surface area contributed by atoms with Crippen LogP contribution in [0.5, 0.6) is 0 Å². The Morgan fingerprint density at radius 1 is 0.390 bits per heavy atom. The van der Waals surface area contributed by atoms with E-state index in [2.05, 4.69) is 41.0 Å². The Bertz CT molecular complexity index is 3330. The zero-order valence-electron chi connectivity index (χ0n) is 75.4. The molecule has 11 amide bonds. The van der Waals surface area contributed by atoms with Gasteiger partial charge in [0, 0.05) is 74.0 Å². The fraction of sp³-hybridized carbons (Fsp3) is 0.725. The lowest BCUT2D eigenvalue weighted by Gasteiger charge is -2.41. The van der Waals surface area contributed by atoms with Gasteiger partial charge in [-0.25, -0.2) is 0 Å². The molecule has 3 fully saturated rings. The van der Waals surface area contributed by atoms with Crippen molar-refractivity contribution < 1.29 is 77.6 Å². The number of nitrogens with zero attached hydrogens (tertiary/aromatic N) is 7. The predicted octanol–water partition coefficient (Wildman–Crippen LogP) is 9.39. The topological polar surface area (TPSA) is 353 Å². The molecule has 1 aliphatic heterocycles. The van der Waals surface area contributed by atoms with E-state index in [1.54, 1.807) is 71.9 Å². The third-order valence-corrected chi connectivity index (χ3v) is 22.6. The van der Waals surface area contributed by atoms with E-state index >= 15 is 9.59 Å². The Balaban J connectivity index is 0. The fourth-order valence-corrected chi connectivity index (χ4v) is 15.0. The monoisotopic (exact) mass is 1660 g/mol. The zero-order chi connectivity index (χ0) is 89.5. The van der Waals surface area contributed by atoms with Gasteiger partial charge in [0.2, 0.25) is 65.0 Å². The first-order chi connectivity index (χ1) is 53.9. The second-order valence-electron chi connectivity index (χ2n) is 35.3. The quantitative estimate of drug-likeness (QED) is 0.0396. The molecule has 3 aliphatic rings. The van der Waals surface area contributed by atoms with Crippen LogP contribution in [0.3, 0.4) is 0 Å². The third kappa shape index (κ3) is 33.1. The summed E-state index contributed by atoms with van der Waals surface area (Å²) in [6, 6.07) is -12.4. The van der Waals surface area contributed by atoms with Crippen molar-refractivity contribution >= 4 is 76.5 Å². The molecule has 7 N–H and O–H groups in total. The first-order valence-corrected chi connectivity index (χ1v) is 41.8. The minimum absolute atomic E-state index is 0. The van der Waals surface area contributed by atoms with E-state index in [0.29, 0.717) is 24.7 Å². The summed E-state index contributed by atoms with van der Waals surface area (Å²) < 4.78 is 0. The molecule has 1 saturated heterocycles. The fourth-order valence-electron chi connectivity index (χ4n) is 15.0. The number of aliphatic hydroxyl groups is 3. The van der Waals surface area contributed by atoms with Gasteiger partial charge in [0.25, 0.3) is 0 Å². The first-order valence-electron chi connectivity index (χ1n) is 41.8. The number of carbonyl (C=O) groups is 13. The Kier molecular flexibility index (Phi) is 50.7. The lowest BCUT2D eigenvalue weighted by Crippen LogP contribution is -2.63. The number of hydrogen-bond donors (Lipinski definition) is 7. The van der Waals surface area contributed by atoms with E-state index in [1.807, 2.05) is 107 Å². The highest BCUT2D eigenvalue weighted by molar-refractivity contribution is 6.00. The van der Waals surface area contributed by atoms with Gasteiger partial charge < -0.3 is 70.9 Å². The van der Waals surface area contributed by atoms with Crippen LogP contribution in [0.1, 0.15) is 218 Å². The number of likely N-dealkylation sites (N-methyl/N-ethyl adjacent to an activating group) is 7. The van der Waals surface area contributed by atoms with Crippen molar-refractivity contribution in [3.63, 3.8) is 0 Å². The molecule has 2 aliphatic carbocycles. The van der Waals surface area contributed by atoms with E-state index in [-0.39, 0.29) is 112 Å². The van der Waals surface area contributed by atoms with Crippen LogP contribution in [-0.2, 0) is 62.3 Å². The molecule has 3 rings (SSSR count). The Morgan fingerprint density at radius 3 is 1.10 bits per heavy atom. The highest BCUT2D eigenvalue weighted by Gasteiger charge is 2.48. The molecule has 0 spiro atoms. The van der Waals surface area contributed by atoms with Gasteiger partial charge in [-0.05, 0) is 130 Å². The van der Waals surface area contributed by atoms with Gasteiger partial charge in [0.15, 0.2) is 0 Å². The molecule has 27 heteroatoms. The maximum atomic E-state index is 15.2. The maximum absolute atomic E-state index is 15.2. The molecule has 118 heavy (non-hydrogen) atoms. The summed E-state index contributed by atoms with van der Waals surface area (Å²) in [4.78, 5) is 191. The average molecular weight is 1660 g/mol. The Morgan fingerprint density at radius 2 is 0.737 bits per heavy atom. The largest absolute Gasteiger partial charge is 0.392 e. The standard InChI is InChI=1S/C63H111N11O12.2C13H20O2.2CH4/c1-25-27-28-29-41(15)53(76)52-57(80)66-44(26-2)59(82)68(18)34-49(75)69(19)45(30-35(3)4)56(79)67-50(39(11)12)62(85)70(20)46(31-36(5)6)55(78)64-42(16)54(77)65-43(17)58(81)71(21)47(32-37(7)8)60(83)72(22)48(33-38(9)10)61(84)73(23)51(40(13)14)63(86)74(52)24;2*1-4-5-6-7-9(2)13(15)12-10(3)8-11(12)14;;/h25,27-28,35-48,50-53,76H,1,26,29-34H2,2-24H3,(H,64,78)(H,65,77)(H,66,80)(H,67,79);2*4-6,9-10,12-13,15H,1,7-8H2,2-3H3;2*1H4/b;6-5+;6-5-;;/t41-,42+,43-,44+,45+,46+,47+,48+,50+,51+,52?,53-;2*9-,10?,12-,13-;;/m111../s1.